The van der Waals surface area contributed by atoms with E-state index in [9.17, 15) is 4.79 Å². The number of ether oxygens (including phenoxy) is 1. The monoisotopic (exact) mass is 407 g/mol. The van der Waals surface area contributed by atoms with Gasteiger partial charge in [-0.2, -0.15) is 15.1 Å². The Morgan fingerprint density at radius 1 is 1.27 bits per heavy atom. The second kappa shape index (κ2) is 8.48. The smallest absolute Gasteiger partial charge is 0.254 e. The molecule has 0 saturated carbocycles. The first-order chi connectivity index (χ1) is 14.5. The van der Waals surface area contributed by atoms with Gasteiger partial charge in [-0.1, -0.05) is 6.07 Å². The number of rotatable bonds is 6. The van der Waals surface area contributed by atoms with Gasteiger partial charge in [0.15, 0.2) is 0 Å². The summed E-state index contributed by atoms with van der Waals surface area (Å²) in [5.41, 5.74) is 1.81. The lowest BCUT2D eigenvalue weighted by atomic mass is 10.2. The minimum Gasteiger partial charge on any atom is -0.475 e. The van der Waals surface area contributed by atoms with Crippen molar-refractivity contribution < 1.29 is 9.53 Å². The molecule has 1 N–H and O–H groups in total. The highest BCUT2D eigenvalue weighted by molar-refractivity contribution is 5.88. The molecule has 1 fully saturated rings. The van der Waals surface area contributed by atoms with Crippen LogP contribution in [-0.4, -0.2) is 49.8 Å². The second-order valence-corrected chi connectivity index (χ2v) is 7.40. The Morgan fingerprint density at radius 2 is 2.13 bits per heavy atom. The summed E-state index contributed by atoms with van der Waals surface area (Å²) in [5.74, 6) is 2.04. The average Bonchev–Trinajstić information content (AvgIpc) is 3.32. The van der Waals surface area contributed by atoms with Crippen molar-refractivity contribution in [3.8, 4) is 11.8 Å². The van der Waals surface area contributed by atoms with Crippen LogP contribution in [-0.2, 0) is 4.79 Å². The molecule has 1 aliphatic heterocycles. The van der Waals surface area contributed by atoms with Gasteiger partial charge in [0.05, 0.1) is 11.7 Å². The zero-order valence-corrected chi connectivity index (χ0v) is 17.4. The van der Waals surface area contributed by atoms with Gasteiger partial charge in [0.1, 0.15) is 18.2 Å². The lowest BCUT2D eigenvalue weighted by molar-refractivity contribution is -0.114. The van der Waals surface area contributed by atoms with Crippen molar-refractivity contribution >= 4 is 17.5 Å². The molecule has 3 aromatic heterocycles. The zero-order chi connectivity index (χ0) is 21.1. The van der Waals surface area contributed by atoms with Crippen LogP contribution in [0.1, 0.15) is 31.2 Å². The molecule has 0 radical (unpaired) electrons. The van der Waals surface area contributed by atoms with Crippen molar-refractivity contribution in [1.82, 2.24) is 24.7 Å². The molecule has 4 rings (SSSR count). The van der Waals surface area contributed by atoms with Crippen LogP contribution in [0.25, 0.3) is 5.95 Å². The van der Waals surface area contributed by atoms with E-state index in [4.69, 9.17) is 9.72 Å². The number of pyridine rings is 1. The van der Waals surface area contributed by atoms with Crippen LogP contribution in [0.4, 0.5) is 11.6 Å². The van der Waals surface area contributed by atoms with E-state index in [-0.39, 0.29) is 11.9 Å². The van der Waals surface area contributed by atoms with Crippen molar-refractivity contribution in [2.75, 3.05) is 23.4 Å². The van der Waals surface area contributed by atoms with E-state index in [1.807, 2.05) is 38.1 Å². The third kappa shape index (κ3) is 4.40. The number of amides is 1. The number of hydrogen-bond acceptors (Lipinski definition) is 7. The van der Waals surface area contributed by atoms with Gasteiger partial charge in [0.25, 0.3) is 5.95 Å². The van der Waals surface area contributed by atoms with Crippen LogP contribution in [0.3, 0.4) is 0 Å². The van der Waals surface area contributed by atoms with Crippen molar-refractivity contribution in [3.63, 3.8) is 0 Å². The minimum atomic E-state index is -0.185. The first kappa shape index (κ1) is 19.8. The number of carbonyl (C=O) groups is 1. The standard InChI is InChI=1S/C21H25N7O2/c1-14-11-15(2)28(26-14)21-24-18(23-16(3)29)12-19(25-21)27-10-6-7-17(27)13-30-20-8-4-5-9-22-20/h4-5,8-9,11-12,17H,6-7,10,13H2,1-3H3,(H,23,24,25,29)/t17-/m0/s1. The number of nitrogens with zero attached hydrogens (tertiary/aromatic N) is 6. The summed E-state index contributed by atoms with van der Waals surface area (Å²) in [6, 6.07) is 9.53. The van der Waals surface area contributed by atoms with E-state index in [1.54, 1.807) is 16.9 Å². The highest BCUT2D eigenvalue weighted by Crippen LogP contribution is 2.27. The Kier molecular flexibility index (Phi) is 5.60. The molecule has 1 amide bonds. The van der Waals surface area contributed by atoms with Crippen LogP contribution >= 0.6 is 0 Å². The molecular weight excluding hydrogens is 382 g/mol. The normalized spacial score (nSPS) is 16.0. The van der Waals surface area contributed by atoms with Gasteiger partial charge in [-0.15, -0.1) is 0 Å². The molecule has 1 saturated heterocycles. The molecule has 0 aliphatic carbocycles. The van der Waals surface area contributed by atoms with Crippen molar-refractivity contribution in [2.24, 2.45) is 0 Å². The van der Waals surface area contributed by atoms with Gasteiger partial charge in [-0.25, -0.2) is 9.67 Å². The van der Waals surface area contributed by atoms with Crippen LogP contribution < -0.4 is 15.0 Å². The minimum absolute atomic E-state index is 0.153. The van der Waals surface area contributed by atoms with Gasteiger partial charge < -0.3 is 15.0 Å². The lowest BCUT2D eigenvalue weighted by Crippen LogP contribution is -2.35. The van der Waals surface area contributed by atoms with Gasteiger partial charge in [0.2, 0.25) is 11.8 Å². The predicted octanol–water partition coefficient (Wildman–Crippen LogP) is 2.68. The third-order valence-electron chi connectivity index (χ3n) is 4.94. The Morgan fingerprint density at radius 3 is 2.83 bits per heavy atom. The molecule has 0 spiro atoms. The summed E-state index contributed by atoms with van der Waals surface area (Å²) in [6.07, 6.45) is 3.74. The fourth-order valence-electron chi connectivity index (χ4n) is 3.66. The van der Waals surface area contributed by atoms with Crippen molar-refractivity contribution in [2.45, 2.75) is 39.7 Å². The van der Waals surface area contributed by atoms with E-state index in [0.717, 1.165) is 36.6 Å². The number of aromatic nitrogens is 5. The fraction of sp³-hybridized carbons (Fsp3) is 0.381. The summed E-state index contributed by atoms with van der Waals surface area (Å²) in [7, 11) is 0. The number of carbonyl (C=O) groups excluding carboxylic acids is 1. The summed E-state index contributed by atoms with van der Waals surface area (Å²) in [6.45, 7) is 6.69. The van der Waals surface area contributed by atoms with Gasteiger partial charge in [0, 0.05) is 37.5 Å². The molecule has 30 heavy (non-hydrogen) atoms. The summed E-state index contributed by atoms with van der Waals surface area (Å²) in [5, 5.41) is 7.27. The SMILES string of the molecule is CC(=O)Nc1cc(N2CCC[C@H]2COc2ccccn2)nc(-n2nc(C)cc2C)n1. The highest BCUT2D eigenvalue weighted by Gasteiger charge is 2.28. The Hall–Kier alpha value is -3.49. The van der Waals surface area contributed by atoms with Crippen LogP contribution in [0.5, 0.6) is 5.88 Å². The molecule has 9 nitrogen and oxygen atoms in total. The molecule has 0 unspecified atom stereocenters. The fourth-order valence-corrected chi connectivity index (χ4v) is 3.66. The second-order valence-electron chi connectivity index (χ2n) is 7.40. The van der Waals surface area contributed by atoms with Crippen molar-refractivity contribution in [1.29, 1.82) is 0 Å². The maximum Gasteiger partial charge on any atom is 0.254 e. The van der Waals surface area contributed by atoms with E-state index in [1.165, 1.54) is 6.92 Å². The Bertz CT molecular complexity index is 1040. The Labute approximate surface area is 175 Å². The maximum absolute atomic E-state index is 11.7. The quantitative estimate of drug-likeness (QED) is 0.671. The number of hydrogen-bond donors (Lipinski definition) is 1. The zero-order valence-electron chi connectivity index (χ0n) is 17.4. The predicted molar refractivity (Wildman–Crippen MR) is 113 cm³/mol. The summed E-state index contributed by atoms with van der Waals surface area (Å²) in [4.78, 5) is 27.3. The van der Waals surface area contributed by atoms with E-state index < -0.39 is 0 Å². The molecule has 0 aromatic carbocycles. The maximum atomic E-state index is 11.7. The molecule has 9 heteroatoms. The number of anilines is 2. The highest BCUT2D eigenvalue weighted by atomic mass is 16.5. The topological polar surface area (TPSA) is 98.1 Å². The van der Waals surface area contributed by atoms with E-state index in [0.29, 0.717) is 24.3 Å². The molecule has 156 valence electrons. The molecule has 1 atom stereocenters. The summed E-state index contributed by atoms with van der Waals surface area (Å²) < 4.78 is 7.58. The number of nitrogens with one attached hydrogen (secondary N) is 1. The number of aryl methyl sites for hydroxylation is 2. The third-order valence-corrected chi connectivity index (χ3v) is 4.94. The first-order valence-corrected chi connectivity index (χ1v) is 10.0. The van der Waals surface area contributed by atoms with Gasteiger partial charge in [-0.05, 0) is 38.8 Å². The summed E-state index contributed by atoms with van der Waals surface area (Å²) >= 11 is 0. The lowest BCUT2D eigenvalue weighted by Gasteiger charge is -2.26. The Balaban J connectivity index is 1.63. The average molecular weight is 407 g/mol. The van der Waals surface area contributed by atoms with E-state index in [2.05, 4.69) is 25.3 Å². The van der Waals surface area contributed by atoms with Gasteiger partial charge >= 0.3 is 0 Å². The first-order valence-electron chi connectivity index (χ1n) is 10.0. The van der Waals surface area contributed by atoms with E-state index >= 15 is 0 Å². The van der Waals surface area contributed by atoms with Crippen molar-refractivity contribution in [3.05, 3.63) is 47.9 Å². The molecule has 1 aliphatic rings. The van der Waals surface area contributed by atoms with Crippen LogP contribution in [0.15, 0.2) is 36.5 Å². The van der Waals surface area contributed by atoms with Crippen LogP contribution in [0, 0.1) is 13.8 Å². The van der Waals surface area contributed by atoms with Gasteiger partial charge in [-0.3, -0.25) is 4.79 Å². The van der Waals surface area contributed by atoms with Crippen LogP contribution in [0.2, 0.25) is 0 Å². The largest absolute Gasteiger partial charge is 0.475 e. The molecule has 4 heterocycles. The molecule has 3 aromatic rings. The molecular formula is C21H25N7O2. The molecule has 0 bridgehead atoms.